The van der Waals surface area contributed by atoms with Gasteiger partial charge in [0.25, 0.3) is 0 Å². The van der Waals surface area contributed by atoms with Crippen molar-refractivity contribution in [3.05, 3.63) is 23.8 Å². The minimum absolute atomic E-state index is 0.00381. The summed E-state index contributed by atoms with van der Waals surface area (Å²) in [7, 11) is 0. The maximum absolute atomic E-state index is 11.8. The Kier molecular flexibility index (Phi) is 4.01. The van der Waals surface area contributed by atoms with Crippen molar-refractivity contribution in [3.63, 3.8) is 0 Å². The number of hydrogen-bond donors (Lipinski definition) is 4. The van der Waals surface area contributed by atoms with E-state index in [1.54, 1.807) is 12.2 Å². The maximum atomic E-state index is 11.8. The van der Waals surface area contributed by atoms with Gasteiger partial charge in [0.2, 0.25) is 5.91 Å². The van der Waals surface area contributed by atoms with Gasteiger partial charge in [-0.1, -0.05) is 25.5 Å². The van der Waals surface area contributed by atoms with Crippen LogP contribution in [0.25, 0.3) is 0 Å². The smallest absolute Gasteiger partial charge is 0.249 e. The highest BCUT2D eigenvalue weighted by Gasteiger charge is 2.68. The van der Waals surface area contributed by atoms with E-state index in [1.165, 1.54) is 0 Å². The minimum Gasteiger partial charge on any atom is -0.393 e. The fraction of sp³-hybridized carbons (Fsp3) is 0.714. The van der Waals surface area contributed by atoms with E-state index in [4.69, 9.17) is 5.73 Å². The molecular weight excluding hydrogens is 346 g/mol. The van der Waals surface area contributed by atoms with Crippen molar-refractivity contribution in [3.8, 4) is 0 Å². The van der Waals surface area contributed by atoms with Gasteiger partial charge in [-0.25, -0.2) is 0 Å². The lowest BCUT2D eigenvalue weighted by atomic mass is 9.46. The molecule has 27 heavy (non-hydrogen) atoms. The fourth-order valence-electron chi connectivity index (χ4n) is 7.05. The average Bonchev–Trinajstić information content (AvgIpc) is 2.86. The molecule has 8 atom stereocenters. The number of amides is 1. The van der Waals surface area contributed by atoms with Crippen molar-refractivity contribution in [2.24, 2.45) is 34.3 Å². The number of ketones is 1. The third kappa shape index (κ3) is 2.30. The molecule has 3 saturated carbocycles. The van der Waals surface area contributed by atoms with Crippen LogP contribution in [0.5, 0.6) is 0 Å². The van der Waals surface area contributed by atoms with Gasteiger partial charge < -0.3 is 21.1 Å². The van der Waals surface area contributed by atoms with Gasteiger partial charge in [0.1, 0.15) is 5.60 Å². The number of aliphatic hydroxyl groups excluding tert-OH is 2. The van der Waals surface area contributed by atoms with Crippen LogP contribution in [0.15, 0.2) is 23.8 Å². The van der Waals surface area contributed by atoms with Gasteiger partial charge in [-0.15, -0.1) is 0 Å². The second-order valence-corrected chi connectivity index (χ2v) is 9.48. The van der Waals surface area contributed by atoms with E-state index in [0.29, 0.717) is 19.3 Å². The summed E-state index contributed by atoms with van der Waals surface area (Å²) in [5.41, 5.74) is 3.60. The molecule has 4 rings (SSSR count). The number of nitrogens with two attached hydrogens (primary N) is 1. The number of aliphatic hydroxyl groups is 3. The largest absolute Gasteiger partial charge is 0.393 e. The summed E-state index contributed by atoms with van der Waals surface area (Å²) in [5.74, 6) is -0.753. The molecule has 0 bridgehead atoms. The summed E-state index contributed by atoms with van der Waals surface area (Å²) in [6.45, 7) is 3.97. The molecule has 4 aliphatic rings. The van der Waals surface area contributed by atoms with E-state index in [1.807, 2.05) is 13.0 Å². The number of primary amides is 1. The van der Waals surface area contributed by atoms with Crippen molar-refractivity contribution < 1.29 is 24.9 Å². The molecular formula is C21H29NO5. The Hall–Kier alpha value is -1.50. The lowest BCUT2D eigenvalue weighted by Crippen LogP contribution is -2.64. The lowest BCUT2D eigenvalue weighted by molar-refractivity contribution is -0.199. The molecule has 6 nitrogen and oxygen atoms in total. The number of rotatable bonds is 2. The first-order valence-corrected chi connectivity index (χ1v) is 9.87. The number of carbonyl (C=O) groups is 2. The molecule has 0 aromatic carbocycles. The summed E-state index contributed by atoms with van der Waals surface area (Å²) in [4.78, 5) is 23.5. The zero-order valence-corrected chi connectivity index (χ0v) is 15.9. The van der Waals surface area contributed by atoms with Crippen LogP contribution in [-0.4, -0.2) is 44.8 Å². The Balaban J connectivity index is 1.74. The number of allylic oxidation sites excluding steroid dienone is 4. The van der Waals surface area contributed by atoms with Crippen molar-refractivity contribution in [1.82, 2.24) is 0 Å². The molecule has 0 aliphatic heterocycles. The van der Waals surface area contributed by atoms with Crippen LogP contribution in [0.4, 0.5) is 0 Å². The molecule has 3 fully saturated rings. The molecule has 148 valence electrons. The van der Waals surface area contributed by atoms with E-state index in [-0.39, 0.29) is 29.0 Å². The summed E-state index contributed by atoms with van der Waals surface area (Å²) in [6, 6.07) is 0. The zero-order valence-electron chi connectivity index (χ0n) is 15.9. The van der Waals surface area contributed by atoms with Crippen LogP contribution in [0.2, 0.25) is 0 Å². The lowest BCUT2D eigenvalue weighted by Gasteiger charge is -2.60. The van der Waals surface area contributed by atoms with E-state index >= 15 is 0 Å². The van der Waals surface area contributed by atoms with Crippen LogP contribution in [0.1, 0.15) is 46.0 Å². The van der Waals surface area contributed by atoms with E-state index in [9.17, 15) is 24.9 Å². The summed E-state index contributed by atoms with van der Waals surface area (Å²) >= 11 is 0. The van der Waals surface area contributed by atoms with Crippen LogP contribution in [0, 0.1) is 28.6 Å². The Labute approximate surface area is 159 Å². The first-order valence-electron chi connectivity index (χ1n) is 9.87. The zero-order chi connectivity index (χ0) is 19.8. The highest BCUT2D eigenvalue weighted by molar-refractivity contribution is 6.01. The second-order valence-electron chi connectivity index (χ2n) is 9.48. The first-order chi connectivity index (χ1) is 12.5. The van der Waals surface area contributed by atoms with Crippen LogP contribution in [-0.2, 0) is 9.59 Å². The number of fused-ring (bicyclic) bond motifs is 5. The molecule has 0 spiro atoms. The monoisotopic (exact) mass is 375 g/mol. The Bertz CT molecular complexity index is 760. The topological polar surface area (TPSA) is 121 Å². The third-order valence-electron chi connectivity index (χ3n) is 8.43. The molecule has 0 aromatic heterocycles. The summed E-state index contributed by atoms with van der Waals surface area (Å²) in [6.07, 6.45) is 5.77. The van der Waals surface area contributed by atoms with Crippen molar-refractivity contribution >= 4 is 11.7 Å². The van der Waals surface area contributed by atoms with E-state index < -0.39 is 29.1 Å². The normalized spacial score (nSPS) is 49.7. The molecule has 4 aliphatic carbocycles. The Morgan fingerprint density at radius 1 is 1.33 bits per heavy atom. The Morgan fingerprint density at radius 2 is 2.04 bits per heavy atom. The highest BCUT2D eigenvalue weighted by Crippen LogP contribution is 2.67. The van der Waals surface area contributed by atoms with Gasteiger partial charge in [-0.2, -0.15) is 0 Å². The number of hydrogen-bond acceptors (Lipinski definition) is 5. The van der Waals surface area contributed by atoms with E-state index in [2.05, 4.69) is 6.92 Å². The predicted molar refractivity (Wildman–Crippen MR) is 98.2 cm³/mol. The molecule has 5 N–H and O–H groups in total. The summed E-state index contributed by atoms with van der Waals surface area (Å²) in [5, 5.41) is 32.9. The highest BCUT2D eigenvalue weighted by atomic mass is 16.4. The quantitative estimate of drug-likeness (QED) is 0.570. The standard InChI is InChI=1S/C21H29NO5/c1-19-7-5-12(23)9-11(19)3-4-13-14-6-8-21(27,17(25)18(22)26)20(14,2)10-15(24)16(13)19/h5,7,9,13-17,24-25,27H,3-4,6,8,10H2,1-2H3,(H2,22,26)/t13-,14-,15?,16+,17?,19-,20-,21-/m0/s1. The predicted octanol–water partition coefficient (Wildman–Crippen LogP) is 0.842. The van der Waals surface area contributed by atoms with Crippen molar-refractivity contribution in [2.75, 3.05) is 0 Å². The summed E-state index contributed by atoms with van der Waals surface area (Å²) < 4.78 is 0. The van der Waals surface area contributed by atoms with Gasteiger partial charge in [0, 0.05) is 16.7 Å². The first kappa shape index (κ1) is 18.8. The van der Waals surface area contributed by atoms with Crippen molar-refractivity contribution in [2.45, 2.75) is 63.8 Å². The van der Waals surface area contributed by atoms with Crippen molar-refractivity contribution in [1.29, 1.82) is 0 Å². The van der Waals surface area contributed by atoms with Gasteiger partial charge >= 0.3 is 0 Å². The number of carbonyl (C=O) groups excluding carboxylic acids is 2. The van der Waals surface area contributed by atoms with Crippen LogP contribution >= 0.6 is 0 Å². The third-order valence-corrected chi connectivity index (χ3v) is 8.43. The maximum Gasteiger partial charge on any atom is 0.249 e. The van der Waals surface area contributed by atoms with Gasteiger partial charge in [-0.3, -0.25) is 9.59 Å². The van der Waals surface area contributed by atoms with Crippen LogP contribution < -0.4 is 5.73 Å². The molecule has 0 saturated heterocycles. The molecule has 6 heteroatoms. The van der Waals surface area contributed by atoms with Crippen LogP contribution in [0.3, 0.4) is 0 Å². The fourth-order valence-corrected chi connectivity index (χ4v) is 7.05. The van der Waals surface area contributed by atoms with Gasteiger partial charge in [0.05, 0.1) is 6.10 Å². The SMILES string of the molecule is C[C@]12C=CC(=O)C=C1CC[C@@H]1[C@@H]2C(O)C[C@@]2(C)[C@H]1CC[C@]2(O)C(O)C(N)=O. The minimum atomic E-state index is -1.64. The van der Waals surface area contributed by atoms with Gasteiger partial charge in [-0.05, 0) is 56.1 Å². The second kappa shape index (κ2) is 5.75. The van der Waals surface area contributed by atoms with Gasteiger partial charge in [0.15, 0.2) is 11.9 Å². The molecule has 1 amide bonds. The van der Waals surface area contributed by atoms with E-state index in [0.717, 1.165) is 18.4 Å². The molecule has 0 aromatic rings. The molecule has 0 heterocycles. The average molecular weight is 375 g/mol. The molecule has 2 unspecified atom stereocenters. The molecule has 0 radical (unpaired) electrons. The Morgan fingerprint density at radius 3 is 2.70 bits per heavy atom.